The molecule has 1 aromatic heterocycles. The molecule has 23 heavy (non-hydrogen) atoms. The number of hydrogen-bond donors (Lipinski definition) is 2. The van der Waals surface area contributed by atoms with Crippen molar-refractivity contribution in [2.24, 2.45) is 7.05 Å². The summed E-state index contributed by atoms with van der Waals surface area (Å²) in [7, 11) is 3.87. The quantitative estimate of drug-likeness (QED) is 0.658. The van der Waals surface area contributed by atoms with Crippen LogP contribution >= 0.6 is 23.5 Å². The Morgan fingerprint density at radius 2 is 1.91 bits per heavy atom. The summed E-state index contributed by atoms with van der Waals surface area (Å²) in [6.45, 7) is 0. The van der Waals surface area contributed by atoms with Gasteiger partial charge in [-0.25, -0.2) is 4.98 Å². The van der Waals surface area contributed by atoms with Gasteiger partial charge in [0.05, 0.1) is 12.0 Å². The van der Waals surface area contributed by atoms with Crippen molar-refractivity contribution in [3.8, 4) is 11.3 Å². The van der Waals surface area contributed by atoms with Crippen molar-refractivity contribution in [2.75, 3.05) is 12.4 Å². The van der Waals surface area contributed by atoms with Crippen molar-refractivity contribution in [3.63, 3.8) is 0 Å². The van der Waals surface area contributed by atoms with Crippen molar-refractivity contribution in [2.45, 2.75) is 4.90 Å². The molecule has 6 heteroatoms. The van der Waals surface area contributed by atoms with Gasteiger partial charge in [0.2, 0.25) is 0 Å². The van der Waals surface area contributed by atoms with Gasteiger partial charge < -0.3 is 9.88 Å². The van der Waals surface area contributed by atoms with Crippen molar-refractivity contribution >= 4 is 34.9 Å². The highest BCUT2D eigenvalue weighted by atomic mass is 35.5. The van der Waals surface area contributed by atoms with E-state index in [1.807, 2.05) is 49.1 Å². The van der Waals surface area contributed by atoms with Gasteiger partial charge in [0.1, 0.15) is 0 Å². The molecule has 3 rings (SSSR count). The highest BCUT2D eigenvalue weighted by Gasteiger charge is 2.10. The smallest absolute Gasteiger partial charge is 0.0951 e. The van der Waals surface area contributed by atoms with Crippen molar-refractivity contribution in [1.82, 2.24) is 14.3 Å². The lowest BCUT2D eigenvalue weighted by molar-refractivity contribution is 0.913. The molecule has 0 radical (unpaired) electrons. The summed E-state index contributed by atoms with van der Waals surface area (Å²) in [6.07, 6.45) is 3.81. The maximum absolute atomic E-state index is 5.95. The molecule has 3 aromatic rings. The third-order valence-corrected chi connectivity index (χ3v) is 4.26. The van der Waals surface area contributed by atoms with Crippen LogP contribution in [0.25, 0.3) is 11.3 Å². The maximum atomic E-state index is 5.95. The number of aromatic nitrogens is 2. The van der Waals surface area contributed by atoms with Crippen LogP contribution in [0.4, 0.5) is 11.4 Å². The number of aryl methyl sites for hydroxylation is 1. The van der Waals surface area contributed by atoms with Gasteiger partial charge in [-0.15, -0.1) is 0 Å². The third-order valence-electron chi connectivity index (χ3n) is 3.32. The number of imidazole rings is 1. The number of anilines is 2. The molecule has 0 aliphatic carbocycles. The van der Waals surface area contributed by atoms with Crippen LogP contribution in [0, 0.1) is 0 Å². The van der Waals surface area contributed by atoms with E-state index < -0.39 is 0 Å². The Labute approximate surface area is 145 Å². The zero-order valence-electron chi connectivity index (χ0n) is 12.9. The fourth-order valence-electron chi connectivity index (χ4n) is 2.27. The van der Waals surface area contributed by atoms with Crippen LogP contribution in [0.2, 0.25) is 5.02 Å². The second-order valence-electron chi connectivity index (χ2n) is 5.07. The largest absolute Gasteiger partial charge is 0.355 e. The summed E-state index contributed by atoms with van der Waals surface area (Å²) >= 11 is 7.53. The number of hydrogen-bond acceptors (Lipinski definition) is 4. The lowest BCUT2D eigenvalue weighted by atomic mass is 10.1. The molecule has 0 spiro atoms. The average Bonchev–Trinajstić information content (AvgIpc) is 2.98. The van der Waals surface area contributed by atoms with Gasteiger partial charge in [-0.05, 0) is 61.5 Å². The van der Waals surface area contributed by atoms with Gasteiger partial charge in [-0.3, -0.25) is 4.72 Å². The van der Waals surface area contributed by atoms with Crippen LogP contribution in [-0.4, -0.2) is 16.6 Å². The van der Waals surface area contributed by atoms with E-state index in [0.29, 0.717) is 0 Å². The highest BCUT2D eigenvalue weighted by molar-refractivity contribution is 7.97. The van der Waals surface area contributed by atoms with Crippen LogP contribution in [0.15, 0.2) is 59.9 Å². The molecule has 0 aliphatic rings. The van der Waals surface area contributed by atoms with Crippen LogP contribution in [-0.2, 0) is 7.05 Å². The van der Waals surface area contributed by atoms with E-state index in [9.17, 15) is 0 Å². The van der Waals surface area contributed by atoms with Crippen LogP contribution < -0.4 is 10.0 Å². The van der Waals surface area contributed by atoms with Crippen molar-refractivity contribution < 1.29 is 0 Å². The van der Waals surface area contributed by atoms with Crippen LogP contribution in [0.1, 0.15) is 0 Å². The van der Waals surface area contributed by atoms with Gasteiger partial charge in [-0.1, -0.05) is 11.6 Å². The first-order valence-corrected chi connectivity index (χ1v) is 8.34. The Morgan fingerprint density at radius 1 is 1.13 bits per heavy atom. The number of nitrogens with one attached hydrogen (secondary N) is 2. The Hall–Kier alpha value is -1.95. The Bertz CT molecular complexity index is 799. The molecule has 0 fully saturated rings. The summed E-state index contributed by atoms with van der Waals surface area (Å²) in [6, 6.07) is 13.9. The van der Waals surface area contributed by atoms with Crippen molar-refractivity contribution in [3.05, 3.63) is 60.0 Å². The maximum Gasteiger partial charge on any atom is 0.0951 e. The monoisotopic (exact) mass is 344 g/mol. The van der Waals surface area contributed by atoms with Gasteiger partial charge >= 0.3 is 0 Å². The van der Waals surface area contributed by atoms with E-state index in [0.717, 1.165) is 32.6 Å². The molecule has 0 atom stereocenters. The normalized spacial score (nSPS) is 10.7. The zero-order chi connectivity index (χ0) is 16.2. The lowest BCUT2D eigenvalue weighted by Gasteiger charge is -2.12. The van der Waals surface area contributed by atoms with Crippen LogP contribution in [0.5, 0.6) is 0 Å². The summed E-state index contributed by atoms with van der Waals surface area (Å²) in [5.74, 6) is 0. The molecular formula is C17H17ClN4S. The lowest BCUT2D eigenvalue weighted by Crippen LogP contribution is -1.96. The van der Waals surface area contributed by atoms with E-state index in [-0.39, 0.29) is 0 Å². The van der Waals surface area contributed by atoms with Gasteiger partial charge in [-0.2, -0.15) is 0 Å². The summed E-state index contributed by atoms with van der Waals surface area (Å²) in [4.78, 5) is 5.61. The fraction of sp³-hybridized carbons (Fsp3) is 0.118. The highest BCUT2D eigenvalue weighted by Crippen LogP contribution is 2.32. The Balaban J connectivity index is 1.99. The van der Waals surface area contributed by atoms with Crippen LogP contribution in [0.3, 0.4) is 0 Å². The fourth-order valence-corrected chi connectivity index (χ4v) is 2.94. The topological polar surface area (TPSA) is 41.9 Å². The first-order chi connectivity index (χ1) is 11.2. The molecule has 4 nitrogen and oxygen atoms in total. The van der Waals surface area contributed by atoms with Gasteiger partial charge in [0, 0.05) is 40.1 Å². The van der Waals surface area contributed by atoms with Gasteiger partial charge in [0.25, 0.3) is 0 Å². The molecule has 0 bridgehead atoms. The zero-order valence-corrected chi connectivity index (χ0v) is 14.4. The minimum Gasteiger partial charge on any atom is -0.355 e. The number of benzene rings is 2. The number of halogens is 1. The molecule has 0 unspecified atom stereocenters. The first kappa shape index (κ1) is 15.9. The van der Waals surface area contributed by atoms with E-state index >= 15 is 0 Å². The Morgan fingerprint density at radius 3 is 2.57 bits per heavy atom. The second-order valence-corrected chi connectivity index (χ2v) is 6.59. The third kappa shape index (κ3) is 3.88. The SMILES string of the molecule is CNSc1ccc(Nc2ccc(Cl)cc2)c(-c2cn(C)cn2)c1. The predicted molar refractivity (Wildman–Crippen MR) is 98.3 cm³/mol. The predicted octanol–water partition coefficient (Wildman–Crippen LogP) is 4.71. The molecule has 0 amide bonds. The summed E-state index contributed by atoms with van der Waals surface area (Å²) in [5, 5.41) is 4.16. The number of rotatable bonds is 5. The molecule has 118 valence electrons. The molecule has 2 aromatic carbocycles. The van der Waals surface area contributed by atoms with E-state index in [2.05, 4.69) is 33.2 Å². The minimum absolute atomic E-state index is 0.723. The van der Waals surface area contributed by atoms with E-state index in [1.165, 1.54) is 0 Å². The summed E-state index contributed by atoms with van der Waals surface area (Å²) < 4.78 is 5.04. The van der Waals surface area contributed by atoms with E-state index in [4.69, 9.17) is 11.6 Å². The average molecular weight is 345 g/mol. The molecule has 0 saturated heterocycles. The molecular weight excluding hydrogens is 328 g/mol. The molecule has 2 N–H and O–H groups in total. The van der Waals surface area contributed by atoms with E-state index in [1.54, 1.807) is 18.3 Å². The standard InChI is InChI=1S/C17H17ClN4S/c1-19-23-14-7-8-16(21-13-5-3-12(18)4-6-13)15(9-14)17-10-22(2)11-20-17/h3-11,19,21H,1-2H3. The number of nitrogens with zero attached hydrogens (tertiary/aromatic N) is 2. The Kier molecular flexibility index (Phi) is 4.91. The second kappa shape index (κ2) is 7.08. The van der Waals surface area contributed by atoms with Crippen molar-refractivity contribution in [1.29, 1.82) is 0 Å². The minimum atomic E-state index is 0.723. The van der Waals surface area contributed by atoms with Gasteiger partial charge in [0.15, 0.2) is 0 Å². The molecule has 1 heterocycles. The molecule has 0 saturated carbocycles. The first-order valence-electron chi connectivity index (χ1n) is 7.14. The molecule has 0 aliphatic heterocycles. The summed E-state index contributed by atoms with van der Waals surface area (Å²) in [5.41, 5.74) is 3.98.